The molecule has 2 aliphatic rings. The van der Waals surface area contributed by atoms with E-state index in [9.17, 15) is 18.8 Å². The van der Waals surface area contributed by atoms with Crippen LogP contribution in [0.4, 0.5) is 25.8 Å². The van der Waals surface area contributed by atoms with Crippen LogP contribution in [0.5, 0.6) is 0 Å². The molecule has 1 amide bonds. The van der Waals surface area contributed by atoms with E-state index < -0.39 is 28.4 Å². The predicted octanol–water partition coefficient (Wildman–Crippen LogP) is 5.07. The van der Waals surface area contributed by atoms with Gasteiger partial charge in [0.25, 0.3) is 11.1 Å². The summed E-state index contributed by atoms with van der Waals surface area (Å²) >= 11 is 1.95. The molecule has 2 aliphatic carbocycles. The number of nitrogens with one attached hydrogen (secondary N) is 2. The van der Waals surface area contributed by atoms with Crippen LogP contribution in [0.1, 0.15) is 31.7 Å². The third-order valence-corrected chi connectivity index (χ3v) is 7.49. The van der Waals surface area contributed by atoms with Crippen molar-refractivity contribution in [3.8, 4) is 11.3 Å². The molecular formula is C27H22F2IN5O3. The Labute approximate surface area is 228 Å². The summed E-state index contributed by atoms with van der Waals surface area (Å²) in [6.07, 6.45) is 3.18. The normalized spacial score (nSPS) is 15.1. The maximum Gasteiger partial charge on any atom is 0.289 e. The van der Waals surface area contributed by atoms with Crippen LogP contribution in [0.3, 0.4) is 0 Å². The lowest BCUT2D eigenvalue weighted by Crippen LogP contribution is -2.30. The molecule has 0 atom stereocenters. The third-order valence-electron chi connectivity index (χ3n) is 6.82. The SMILES string of the molecule is Cn1c(=O)c(F)c(Nc2ccc(I)cc2F)c2c(=O)n(C3CC3)nc(-c3cccc(NC(=O)C4CC4)c3)c21. The lowest BCUT2D eigenvalue weighted by molar-refractivity contribution is -0.117. The number of carbonyl (C=O) groups is 1. The fraction of sp³-hybridized carbons (Fsp3) is 0.259. The summed E-state index contributed by atoms with van der Waals surface area (Å²) in [5.74, 6) is -1.90. The number of fused-ring (bicyclic) bond motifs is 1. The Balaban J connectivity index is 1.60. The molecule has 194 valence electrons. The summed E-state index contributed by atoms with van der Waals surface area (Å²) in [6, 6.07) is 11.1. The number of benzene rings is 2. The van der Waals surface area contributed by atoms with E-state index in [1.54, 1.807) is 30.3 Å². The quantitative estimate of drug-likeness (QED) is 0.291. The molecule has 2 aromatic heterocycles. The van der Waals surface area contributed by atoms with Gasteiger partial charge in [-0.25, -0.2) is 9.07 Å². The van der Waals surface area contributed by atoms with Crippen molar-refractivity contribution in [1.82, 2.24) is 14.3 Å². The smallest absolute Gasteiger partial charge is 0.289 e. The highest BCUT2D eigenvalue weighted by Gasteiger charge is 2.32. The molecule has 11 heteroatoms. The second-order valence-corrected chi connectivity index (χ2v) is 10.9. The van der Waals surface area contributed by atoms with Gasteiger partial charge in [-0.05, 0) is 78.6 Å². The topological polar surface area (TPSA) is 98.0 Å². The third kappa shape index (κ3) is 4.38. The molecule has 2 heterocycles. The number of hydrogen-bond acceptors (Lipinski definition) is 5. The summed E-state index contributed by atoms with van der Waals surface area (Å²) in [6.45, 7) is 0. The zero-order valence-corrected chi connectivity index (χ0v) is 22.4. The lowest BCUT2D eigenvalue weighted by Gasteiger charge is -2.18. The number of carbonyl (C=O) groups excluding carboxylic acids is 1. The minimum absolute atomic E-state index is 0.00785. The first-order chi connectivity index (χ1) is 18.2. The van der Waals surface area contributed by atoms with E-state index in [2.05, 4.69) is 15.7 Å². The number of aryl methyl sites for hydroxylation is 1. The maximum atomic E-state index is 15.5. The molecule has 0 radical (unpaired) electrons. The Morgan fingerprint density at radius 3 is 2.50 bits per heavy atom. The van der Waals surface area contributed by atoms with Crippen LogP contribution in [0.2, 0.25) is 0 Å². The summed E-state index contributed by atoms with van der Waals surface area (Å²) < 4.78 is 33.2. The van der Waals surface area contributed by atoms with E-state index in [0.29, 0.717) is 14.8 Å². The van der Waals surface area contributed by atoms with Gasteiger partial charge in [0.1, 0.15) is 11.5 Å². The molecule has 8 nitrogen and oxygen atoms in total. The van der Waals surface area contributed by atoms with Crippen LogP contribution in [-0.4, -0.2) is 20.3 Å². The Bertz CT molecular complexity index is 1760. The molecule has 2 fully saturated rings. The van der Waals surface area contributed by atoms with E-state index >= 15 is 4.39 Å². The van der Waals surface area contributed by atoms with Gasteiger partial charge in [-0.15, -0.1) is 0 Å². The van der Waals surface area contributed by atoms with Gasteiger partial charge in [0.05, 0.1) is 28.3 Å². The van der Waals surface area contributed by atoms with Crippen molar-refractivity contribution >= 4 is 56.5 Å². The molecule has 38 heavy (non-hydrogen) atoms. The number of halogens is 3. The van der Waals surface area contributed by atoms with Crippen LogP contribution in [0, 0.1) is 21.1 Å². The summed E-state index contributed by atoms with van der Waals surface area (Å²) in [5, 5.41) is 10.1. The molecule has 2 N–H and O–H groups in total. The Morgan fingerprint density at radius 1 is 1.05 bits per heavy atom. The van der Waals surface area contributed by atoms with Gasteiger partial charge in [0.2, 0.25) is 11.7 Å². The number of nitrogens with zero attached hydrogens (tertiary/aromatic N) is 3. The average molecular weight is 629 g/mol. The number of pyridine rings is 1. The van der Waals surface area contributed by atoms with E-state index in [1.165, 1.54) is 23.9 Å². The number of hydrogen-bond donors (Lipinski definition) is 2. The summed E-state index contributed by atoms with van der Waals surface area (Å²) in [4.78, 5) is 39.0. The van der Waals surface area contributed by atoms with Crippen molar-refractivity contribution in [2.45, 2.75) is 31.7 Å². The Morgan fingerprint density at radius 2 is 1.82 bits per heavy atom. The summed E-state index contributed by atoms with van der Waals surface area (Å²) in [7, 11) is 1.37. The number of aromatic nitrogens is 3. The van der Waals surface area contributed by atoms with Crippen LogP contribution in [0.25, 0.3) is 22.2 Å². The van der Waals surface area contributed by atoms with Gasteiger partial charge in [0.15, 0.2) is 0 Å². The molecule has 2 aromatic carbocycles. The molecule has 0 saturated heterocycles. The van der Waals surface area contributed by atoms with Gasteiger partial charge >= 0.3 is 0 Å². The van der Waals surface area contributed by atoms with Crippen LogP contribution >= 0.6 is 22.6 Å². The molecule has 0 unspecified atom stereocenters. The predicted molar refractivity (Wildman–Crippen MR) is 149 cm³/mol. The van der Waals surface area contributed by atoms with Gasteiger partial charge in [-0.3, -0.25) is 14.4 Å². The first-order valence-electron chi connectivity index (χ1n) is 12.2. The molecule has 0 spiro atoms. The second-order valence-electron chi connectivity index (χ2n) is 9.70. The molecule has 2 saturated carbocycles. The fourth-order valence-electron chi connectivity index (χ4n) is 4.49. The van der Waals surface area contributed by atoms with Crippen LogP contribution in [-0.2, 0) is 11.8 Å². The average Bonchev–Trinajstić information content (AvgIpc) is 3.80. The first kappa shape index (κ1) is 24.7. The second kappa shape index (κ2) is 9.29. The van der Waals surface area contributed by atoms with Gasteiger partial charge in [0, 0.05) is 27.8 Å². The van der Waals surface area contributed by atoms with Crippen molar-refractivity contribution in [3.63, 3.8) is 0 Å². The van der Waals surface area contributed by atoms with Gasteiger partial charge < -0.3 is 15.2 Å². The van der Waals surface area contributed by atoms with Crippen LogP contribution < -0.4 is 21.8 Å². The molecule has 6 rings (SSSR count). The monoisotopic (exact) mass is 629 g/mol. The van der Waals surface area contributed by atoms with Gasteiger partial charge in [-0.2, -0.15) is 9.49 Å². The zero-order chi connectivity index (χ0) is 26.7. The van der Waals surface area contributed by atoms with Crippen molar-refractivity contribution < 1.29 is 13.6 Å². The number of rotatable bonds is 6. The van der Waals surface area contributed by atoms with Crippen molar-refractivity contribution in [2.24, 2.45) is 13.0 Å². The Hall–Kier alpha value is -3.61. The minimum Gasteiger partial charge on any atom is -0.350 e. The molecule has 4 aromatic rings. The highest BCUT2D eigenvalue weighted by atomic mass is 127. The number of anilines is 3. The zero-order valence-electron chi connectivity index (χ0n) is 20.2. The first-order valence-corrected chi connectivity index (χ1v) is 13.3. The largest absolute Gasteiger partial charge is 0.350 e. The fourth-order valence-corrected chi connectivity index (χ4v) is 4.94. The Kier molecular flexibility index (Phi) is 6.04. The molecule has 0 aliphatic heterocycles. The van der Waals surface area contributed by atoms with E-state index in [0.717, 1.165) is 30.3 Å². The number of amides is 1. The van der Waals surface area contributed by atoms with Gasteiger partial charge in [-0.1, -0.05) is 12.1 Å². The summed E-state index contributed by atoms with van der Waals surface area (Å²) in [5.41, 5.74) is -0.569. The minimum atomic E-state index is -1.19. The standard InChI is InChI=1S/C27H22F2IN5O3/c1-34-24-20(23(21(29)27(34)38)32-19-10-7-15(30)12-18(19)28)26(37)35(17-8-9-17)33-22(24)14-3-2-4-16(11-14)31-25(36)13-5-6-13/h2-4,7,10-13,17,32H,5-6,8-9H2,1H3,(H,31,36). The maximum absolute atomic E-state index is 15.5. The highest BCUT2D eigenvalue weighted by molar-refractivity contribution is 14.1. The van der Waals surface area contributed by atoms with Crippen molar-refractivity contribution in [1.29, 1.82) is 0 Å². The van der Waals surface area contributed by atoms with E-state index in [-0.39, 0.29) is 40.2 Å². The van der Waals surface area contributed by atoms with Crippen molar-refractivity contribution in [3.05, 3.63) is 78.4 Å². The van der Waals surface area contributed by atoms with E-state index in [1.807, 2.05) is 22.6 Å². The molecular weight excluding hydrogens is 607 g/mol. The van der Waals surface area contributed by atoms with Crippen LogP contribution in [0.15, 0.2) is 52.1 Å². The van der Waals surface area contributed by atoms with Crippen molar-refractivity contribution in [2.75, 3.05) is 10.6 Å². The van der Waals surface area contributed by atoms with E-state index in [4.69, 9.17) is 0 Å². The highest BCUT2D eigenvalue weighted by Crippen LogP contribution is 2.37. The molecule has 0 bridgehead atoms. The lowest BCUT2D eigenvalue weighted by atomic mass is 10.1.